The highest BCUT2D eigenvalue weighted by Crippen LogP contribution is 2.17. The third-order valence-electron chi connectivity index (χ3n) is 3.13. The van der Waals surface area contributed by atoms with E-state index in [1.165, 1.54) is 6.07 Å². The molecular formula is C17H19N3O3S. The maximum atomic E-state index is 12.1. The van der Waals surface area contributed by atoms with Crippen LogP contribution in [-0.4, -0.2) is 23.8 Å². The van der Waals surface area contributed by atoms with E-state index in [2.05, 4.69) is 10.6 Å². The lowest BCUT2D eigenvalue weighted by Gasteiger charge is -2.09. The topological polar surface area (TPSA) is 101 Å². The monoisotopic (exact) mass is 345 g/mol. The molecule has 0 fully saturated rings. The van der Waals surface area contributed by atoms with E-state index >= 15 is 0 Å². The summed E-state index contributed by atoms with van der Waals surface area (Å²) in [4.78, 5) is 35.3. The fraction of sp³-hybridized carbons (Fsp3) is 0.235. The molecule has 0 aliphatic carbocycles. The molecule has 126 valence electrons. The number of hydrogen-bond acceptors (Lipinski definition) is 4. The zero-order valence-electron chi connectivity index (χ0n) is 13.5. The quantitative estimate of drug-likeness (QED) is 0.748. The van der Waals surface area contributed by atoms with Gasteiger partial charge in [-0.1, -0.05) is 12.1 Å². The molecule has 0 bridgehead atoms. The smallest absolute Gasteiger partial charge is 0.265 e. The Morgan fingerprint density at radius 3 is 2.38 bits per heavy atom. The number of carbonyl (C=O) groups excluding carboxylic acids is 3. The standard InChI is InChI=1S/C17H19N3O3S/c1-10(2)19-15(21)7-11-3-5-13(6-4-11)20-17(23)14-8-12(9-24-14)16(18)22/h3-6,8-10H,7H2,1-2H3,(H2,18,22)(H,19,21)(H,20,23). The molecule has 1 aromatic carbocycles. The van der Waals surface area contributed by atoms with Gasteiger partial charge in [0.15, 0.2) is 0 Å². The number of carbonyl (C=O) groups is 3. The summed E-state index contributed by atoms with van der Waals surface area (Å²) < 4.78 is 0. The zero-order valence-corrected chi connectivity index (χ0v) is 14.3. The van der Waals surface area contributed by atoms with Gasteiger partial charge in [0, 0.05) is 17.1 Å². The highest BCUT2D eigenvalue weighted by Gasteiger charge is 2.12. The predicted octanol–water partition coefficient (Wildman–Crippen LogP) is 2.17. The van der Waals surface area contributed by atoms with Crippen molar-refractivity contribution in [1.29, 1.82) is 0 Å². The molecule has 0 aliphatic heterocycles. The number of nitrogens with two attached hydrogens (primary N) is 1. The molecule has 0 unspecified atom stereocenters. The molecule has 3 amide bonds. The van der Waals surface area contributed by atoms with Gasteiger partial charge in [-0.2, -0.15) is 0 Å². The minimum absolute atomic E-state index is 0.0423. The summed E-state index contributed by atoms with van der Waals surface area (Å²) in [7, 11) is 0. The number of nitrogens with one attached hydrogen (secondary N) is 2. The Hall–Kier alpha value is -2.67. The molecule has 0 aliphatic rings. The Balaban J connectivity index is 1.96. The Labute approximate surface area is 144 Å². The average molecular weight is 345 g/mol. The number of primary amides is 1. The molecule has 24 heavy (non-hydrogen) atoms. The SMILES string of the molecule is CC(C)NC(=O)Cc1ccc(NC(=O)c2cc(C(N)=O)cs2)cc1. The average Bonchev–Trinajstić information content (AvgIpc) is 2.98. The molecule has 4 N–H and O–H groups in total. The second kappa shape index (κ2) is 7.74. The number of amides is 3. The molecule has 2 rings (SSSR count). The lowest BCUT2D eigenvalue weighted by atomic mass is 10.1. The summed E-state index contributed by atoms with van der Waals surface area (Å²) >= 11 is 1.16. The van der Waals surface area contributed by atoms with Gasteiger partial charge in [-0.15, -0.1) is 11.3 Å². The molecule has 0 atom stereocenters. The van der Waals surface area contributed by atoms with Crippen molar-refractivity contribution in [3.05, 3.63) is 51.7 Å². The molecule has 1 heterocycles. The minimum Gasteiger partial charge on any atom is -0.366 e. The Kier molecular flexibility index (Phi) is 5.70. The first-order chi connectivity index (χ1) is 11.3. The largest absolute Gasteiger partial charge is 0.366 e. The van der Waals surface area contributed by atoms with Crippen LogP contribution >= 0.6 is 11.3 Å². The van der Waals surface area contributed by atoms with Crippen LogP contribution in [0.2, 0.25) is 0 Å². The van der Waals surface area contributed by atoms with E-state index in [0.29, 0.717) is 22.5 Å². The maximum Gasteiger partial charge on any atom is 0.265 e. The summed E-state index contributed by atoms with van der Waals surface area (Å²) in [6.07, 6.45) is 0.291. The Bertz CT molecular complexity index is 751. The third-order valence-corrected chi connectivity index (χ3v) is 4.06. The van der Waals surface area contributed by atoms with Gasteiger partial charge in [0.1, 0.15) is 0 Å². The Morgan fingerprint density at radius 1 is 1.17 bits per heavy atom. The number of anilines is 1. The van der Waals surface area contributed by atoms with Crippen molar-refractivity contribution in [2.24, 2.45) is 5.73 Å². The van der Waals surface area contributed by atoms with Crippen LogP contribution in [0.25, 0.3) is 0 Å². The maximum absolute atomic E-state index is 12.1. The molecule has 0 saturated carbocycles. The molecule has 7 heteroatoms. The highest BCUT2D eigenvalue weighted by atomic mass is 32.1. The van der Waals surface area contributed by atoms with Crippen LogP contribution in [0.3, 0.4) is 0 Å². The third kappa shape index (κ3) is 4.92. The number of thiophene rings is 1. The number of hydrogen-bond donors (Lipinski definition) is 3. The first kappa shape index (κ1) is 17.7. The number of rotatable bonds is 6. The van der Waals surface area contributed by atoms with Crippen molar-refractivity contribution in [3.8, 4) is 0 Å². The second-order valence-corrected chi connectivity index (χ2v) is 6.53. The summed E-state index contributed by atoms with van der Waals surface area (Å²) in [5, 5.41) is 7.12. The van der Waals surface area contributed by atoms with Crippen molar-refractivity contribution in [2.75, 3.05) is 5.32 Å². The van der Waals surface area contributed by atoms with E-state index in [1.807, 2.05) is 13.8 Å². The van der Waals surface area contributed by atoms with E-state index in [0.717, 1.165) is 16.9 Å². The van der Waals surface area contributed by atoms with Crippen LogP contribution in [-0.2, 0) is 11.2 Å². The van der Waals surface area contributed by atoms with Gasteiger partial charge in [0.05, 0.1) is 16.9 Å². The lowest BCUT2D eigenvalue weighted by Crippen LogP contribution is -2.31. The van der Waals surface area contributed by atoms with Gasteiger partial charge in [-0.25, -0.2) is 0 Å². The zero-order chi connectivity index (χ0) is 17.7. The van der Waals surface area contributed by atoms with E-state index in [4.69, 9.17) is 5.73 Å². The van der Waals surface area contributed by atoms with Crippen LogP contribution in [0.5, 0.6) is 0 Å². The van der Waals surface area contributed by atoms with E-state index in [1.54, 1.807) is 29.6 Å². The molecular weight excluding hydrogens is 326 g/mol. The van der Waals surface area contributed by atoms with Crippen LogP contribution in [0.4, 0.5) is 5.69 Å². The van der Waals surface area contributed by atoms with Gasteiger partial charge in [-0.3, -0.25) is 14.4 Å². The van der Waals surface area contributed by atoms with Gasteiger partial charge in [-0.05, 0) is 37.6 Å². The second-order valence-electron chi connectivity index (χ2n) is 5.61. The van der Waals surface area contributed by atoms with Crippen LogP contribution in [0, 0.1) is 0 Å². The lowest BCUT2D eigenvalue weighted by molar-refractivity contribution is -0.120. The fourth-order valence-electron chi connectivity index (χ4n) is 2.04. The molecule has 2 aromatic rings. The molecule has 0 radical (unpaired) electrons. The predicted molar refractivity (Wildman–Crippen MR) is 94.2 cm³/mol. The van der Waals surface area contributed by atoms with Crippen LogP contribution in [0.1, 0.15) is 39.4 Å². The van der Waals surface area contributed by atoms with E-state index in [9.17, 15) is 14.4 Å². The van der Waals surface area contributed by atoms with Gasteiger partial charge in [0.25, 0.3) is 5.91 Å². The summed E-state index contributed by atoms with van der Waals surface area (Å²) in [6, 6.07) is 8.62. The fourth-order valence-corrected chi connectivity index (χ4v) is 2.83. The summed E-state index contributed by atoms with van der Waals surface area (Å²) in [5.74, 6) is -0.911. The first-order valence-electron chi connectivity index (χ1n) is 7.43. The number of benzene rings is 1. The van der Waals surface area contributed by atoms with Crippen LogP contribution < -0.4 is 16.4 Å². The molecule has 6 nitrogen and oxygen atoms in total. The minimum atomic E-state index is -0.561. The Morgan fingerprint density at radius 2 is 1.83 bits per heavy atom. The van der Waals surface area contributed by atoms with Gasteiger partial charge >= 0.3 is 0 Å². The summed E-state index contributed by atoms with van der Waals surface area (Å²) in [6.45, 7) is 3.81. The summed E-state index contributed by atoms with van der Waals surface area (Å²) in [5.41, 5.74) is 6.96. The van der Waals surface area contributed by atoms with Gasteiger partial charge in [0.2, 0.25) is 11.8 Å². The van der Waals surface area contributed by atoms with Crippen molar-refractivity contribution in [2.45, 2.75) is 26.3 Å². The molecule has 0 spiro atoms. The molecule has 0 saturated heterocycles. The van der Waals surface area contributed by atoms with Crippen molar-refractivity contribution >= 4 is 34.7 Å². The van der Waals surface area contributed by atoms with Crippen molar-refractivity contribution in [3.63, 3.8) is 0 Å². The van der Waals surface area contributed by atoms with Crippen LogP contribution in [0.15, 0.2) is 35.7 Å². The molecule has 1 aromatic heterocycles. The van der Waals surface area contributed by atoms with Crippen molar-refractivity contribution in [1.82, 2.24) is 5.32 Å². The van der Waals surface area contributed by atoms with Gasteiger partial charge < -0.3 is 16.4 Å². The normalized spacial score (nSPS) is 10.5. The van der Waals surface area contributed by atoms with Crippen molar-refractivity contribution < 1.29 is 14.4 Å². The van der Waals surface area contributed by atoms with E-state index in [-0.39, 0.29) is 17.9 Å². The van der Waals surface area contributed by atoms with E-state index < -0.39 is 5.91 Å². The highest BCUT2D eigenvalue weighted by molar-refractivity contribution is 7.12. The first-order valence-corrected chi connectivity index (χ1v) is 8.31.